The Balaban J connectivity index is 1.57. The van der Waals surface area contributed by atoms with E-state index in [2.05, 4.69) is 25.6 Å². The van der Waals surface area contributed by atoms with Crippen molar-refractivity contribution in [1.82, 2.24) is 15.0 Å². The molecule has 2 N–H and O–H groups in total. The first-order chi connectivity index (χ1) is 14.4. The Bertz CT molecular complexity index is 1200. The molecule has 6 nitrogen and oxygen atoms in total. The molecule has 0 atom stereocenters. The lowest BCUT2D eigenvalue weighted by Gasteiger charge is -2.13. The second-order valence-electron chi connectivity index (χ2n) is 6.38. The number of fused-ring (bicyclic) bond motifs is 1. The van der Waals surface area contributed by atoms with Crippen LogP contribution < -0.4 is 15.4 Å². The number of para-hydroxylation sites is 1. The van der Waals surface area contributed by atoms with Crippen LogP contribution in [0.4, 0.5) is 36.3 Å². The van der Waals surface area contributed by atoms with E-state index in [-0.39, 0.29) is 17.4 Å². The van der Waals surface area contributed by atoms with Gasteiger partial charge < -0.3 is 15.4 Å². The van der Waals surface area contributed by atoms with Crippen LogP contribution in [-0.4, -0.2) is 22.1 Å². The maximum Gasteiger partial charge on any atom is 0.416 e. The minimum absolute atomic E-state index is 0.0730. The molecule has 0 radical (unpaired) electrons. The quantitative estimate of drug-likeness (QED) is 0.449. The number of methoxy groups -OCH3 is 1. The number of hydrogen-bond donors (Lipinski definition) is 2. The summed E-state index contributed by atoms with van der Waals surface area (Å²) in [6.07, 6.45) is -1.33. The zero-order valence-corrected chi connectivity index (χ0v) is 15.7. The van der Waals surface area contributed by atoms with Gasteiger partial charge in [-0.25, -0.2) is 4.98 Å². The van der Waals surface area contributed by atoms with Gasteiger partial charge in [0, 0.05) is 23.3 Å². The van der Waals surface area contributed by atoms with Crippen LogP contribution in [0.1, 0.15) is 5.56 Å². The summed E-state index contributed by atoms with van der Waals surface area (Å²) in [7, 11) is 1.30. The van der Waals surface area contributed by atoms with Crippen molar-refractivity contribution in [2.75, 3.05) is 17.7 Å². The number of pyridine rings is 1. The lowest BCUT2D eigenvalue weighted by molar-refractivity contribution is -0.137. The van der Waals surface area contributed by atoms with Gasteiger partial charge >= 0.3 is 6.18 Å². The molecule has 0 aliphatic rings. The Labute approximate surface area is 169 Å². The summed E-state index contributed by atoms with van der Waals surface area (Å²) in [5.41, 5.74) is 0.915. The summed E-state index contributed by atoms with van der Waals surface area (Å²) in [5.74, 6) is 0.669. The van der Waals surface area contributed by atoms with Crippen molar-refractivity contribution in [3.63, 3.8) is 0 Å². The summed E-state index contributed by atoms with van der Waals surface area (Å²) >= 11 is 0. The number of aromatic nitrogens is 3. The van der Waals surface area contributed by atoms with Crippen molar-refractivity contribution in [2.45, 2.75) is 6.18 Å². The van der Waals surface area contributed by atoms with Crippen LogP contribution in [0.15, 0.2) is 67.0 Å². The van der Waals surface area contributed by atoms with E-state index in [9.17, 15) is 13.2 Å². The zero-order valence-electron chi connectivity index (χ0n) is 15.7. The van der Waals surface area contributed by atoms with Crippen molar-refractivity contribution in [3.05, 3.63) is 72.6 Å². The fourth-order valence-electron chi connectivity index (χ4n) is 2.86. The van der Waals surface area contributed by atoms with Gasteiger partial charge in [0.15, 0.2) is 0 Å². The average Bonchev–Trinajstić information content (AvgIpc) is 2.73. The third-order valence-electron chi connectivity index (χ3n) is 4.24. The van der Waals surface area contributed by atoms with E-state index >= 15 is 0 Å². The summed E-state index contributed by atoms with van der Waals surface area (Å²) in [6, 6.07) is 14.6. The van der Waals surface area contributed by atoms with Crippen molar-refractivity contribution >= 4 is 34.0 Å². The highest BCUT2D eigenvalue weighted by Crippen LogP contribution is 2.34. The van der Waals surface area contributed by atoms with Gasteiger partial charge in [-0.2, -0.15) is 18.2 Å². The molecule has 0 aliphatic heterocycles. The molecule has 2 heterocycles. The molecule has 152 valence electrons. The van der Waals surface area contributed by atoms with Crippen LogP contribution >= 0.6 is 0 Å². The molecule has 4 rings (SSSR count). The summed E-state index contributed by atoms with van der Waals surface area (Å²) in [6.45, 7) is 0. The molecule has 0 fully saturated rings. The largest absolute Gasteiger partial charge is 0.497 e. The molecule has 0 saturated carbocycles. The van der Waals surface area contributed by atoms with Gasteiger partial charge in [0.2, 0.25) is 5.95 Å². The molecule has 0 saturated heterocycles. The van der Waals surface area contributed by atoms with Crippen molar-refractivity contribution in [3.8, 4) is 5.75 Å². The smallest absolute Gasteiger partial charge is 0.416 e. The molecular formula is C21H16F3N5O. The number of rotatable bonds is 5. The topological polar surface area (TPSA) is 72.0 Å². The van der Waals surface area contributed by atoms with Crippen LogP contribution in [0.3, 0.4) is 0 Å². The highest BCUT2D eigenvalue weighted by Gasteiger charge is 2.31. The maximum atomic E-state index is 13.1. The van der Waals surface area contributed by atoms with Crippen LogP contribution in [0, 0.1) is 0 Å². The molecule has 0 spiro atoms. The fraction of sp³-hybridized carbons (Fsp3) is 0.0952. The van der Waals surface area contributed by atoms with Gasteiger partial charge in [-0.05, 0) is 30.3 Å². The molecule has 30 heavy (non-hydrogen) atoms. The third-order valence-corrected chi connectivity index (χ3v) is 4.24. The molecule has 0 aliphatic carbocycles. The molecule has 0 unspecified atom stereocenters. The lowest BCUT2D eigenvalue weighted by Crippen LogP contribution is -2.07. The number of anilines is 4. The molecule has 4 aromatic rings. The standard InChI is InChI=1S/C21H16F3N5O/c1-30-17-10-14(21(22,23)24)9-15(11-17)28-20-25-7-6-19(29-20)27-16-8-13-4-2-3-5-18(13)26-12-16/h2-12H,1H3,(H2,25,27,28,29). The van der Waals surface area contributed by atoms with Gasteiger partial charge in [-0.15, -0.1) is 0 Å². The number of halogens is 3. The second-order valence-corrected chi connectivity index (χ2v) is 6.38. The first-order valence-corrected chi connectivity index (χ1v) is 8.89. The van der Waals surface area contributed by atoms with Gasteiger partial charge in [0.05, 0.1) is 30.1 Å². The Morgan fingerprint density at radius 3 is 2.53 bits per heavy atom. The number of ether oxygens (including phenoxy) is 1. The first kappa shape index (κ1) is 19.4. The molecule has 0 bridgehead atoms. The Morgan fingerprint density at radius 1 is 0.900 bits per heavy atom. The third kappa shape index (κ3) is 4.40. The van der Waals surface area contributed by atoms with Crippen LogP contribution in [0.25, 0.3) is 10.9 Å². The number of benzene rings is 2. The SMILES string of the molecule is COc1cc(Nc2nccc(Nc3cnc4ccccc4c3)n2)cc(C(F)(F)F)c1. The van der Waals surface area contributed by atoms with E-state index in [1.54, 1.807) is 12.3 Å². The molecule has 2 aromatic carbocycles. The normalized spacial score (nSPS) is 11.3. The second kappa shape index (κ2) is 7.86. The van der Waals surface area contributed by atoms with E-state index in [4.69, 9.17) is 4.74 Å². The summed E-state index contributed by atoms with van der Waals surface area (Å²) in [4.78, 5) is 12.8. The van der Waals surface area contributed by atoms with Crippen LogP contribution in [0.2, 0.25) is 0 Å². The van der Waals surface area contributed by atoms with E-state index in [1.165, 1.54) is 19.4 Å². The van der Waals surface area contributed by atoms with E-state index in [0.717, 1.165) is 28.7 Å². The van der Waals surface area contributed by atoms with Gasteiger partial charge in [0.1, 0.15) is 11.6 Å². The number of nitrogens with zero attached hydrogens (tertiary/aromatic N) is 3. The van der Waals surface area contributed by atoms with Crippen molar-refractivity contribution in [1.29, 1.82) is 0 Å². The number of nitrogens with one attached hydrogen (secondary N) is 2. The Hall–Kier alpha value is -3.88. The van der Waals surface area contributed by atoms with Crippen molar-refractivity contribution < 1.29 is 17.9 Å². The van der Waals surface area contributed by atoms with Crippen LogP contribution in [0.5, 0.6) is 5.75 Å². The Kier molecular flexibility index (Phi) is 5.09. The predicted molar refractivity (Wildman–Crippen MR) is 108 cm³/mol. The van der Waals surface area contributed by atoms with E-state index < -0.39 is 11.7 Å². The Morgan fingerprint density at radius 2 is 1.73 bits per heavy atom. The molecule has 9 heteroatoms. The monoisotopic (exact) mass is 411 g/mol. The van der Waals surface area contributed by atoms with Crippen molar-refractivity contribution in [2.24, 2.45) is 0 Å². The molecule has 2 aromatic heterocycles. The predicted octanol–water partition coefficient (Wildman–Crippen LogP) is 5.54. The van der Waals surface area contributed by atoms with Gasteiger partial charge in [-0.3, -0.25) is 4.98 Å². The maximum absolute atomic E-state index is 13.1. The minimum Gasteiger partial charge on any atom is -0.497 e. The van der Waals surface area contributed by atoms with Gasteiger partial charge in [-0.1, -0.05) is 18.2 Å². The number of hydrogen-bond acceptors (Lipinski definition) is 6. The molecule has 0 amide bonds. The lowest BCUT2D eigenvalue weighted by atomic mass is 10.2. The zero-order chi connectivity index (χ0) is 21.1. The summed E-state index contributed by atoms with van der Waals surface area (Å²) < 4.78 is 44.3. The minimum atomic E-state index is -4.50. The van der Waals surface area contributed by atoms with E-state index in [1.807, 2.05) is 30.3 Å². The van der Waals surface area contributed by atoms with E-state index in [0.29, 0.717) is 5.82 Å². The van der Waals surface area contributed by atoms with Crippen LogP contribution in [-0.2, 0) is 6.18 Å². The highest BCUT2D eigenvalue weighted by molar-refractivity contribution is 5.82. The average molecular weight is 411 g/mol. The van der Waals surface area contributed by atoms with Gasteiger partial charge in [0.25, 0.3) is 0 Å². The summed E-state index contributed by atoms with van der Waals surface area (Å²) in [5, 5.41) is 6.88. The highest BCUT2D eigenvalue weighted by atomic mass is 19.4. The number of alkyl halides is 3. The molecular weight excluding hydrogens is 395 g/mol. The first-order valence-electron chi connectivity index (χ1n) is 8.89. The fourth-order valence-corrected chi connectivity index (χ4v) is 2.86.